The van der Waals surface area contributed by atoms with Crippen LogP contribution < -0.4 is 10.9 Å². The Labute approximate surface area is 153 Å². The Kier molecular flexibility index (Phi) is 3.92. The average molecular weight is 357 g/mol. The van der Waals surface area contributed by atoms with Gasteiger partial charge in [-0.05, 0) is 69.1 Å². The molecule has 4 saturated carbocycles. The van der Waals surface area contributed by atoms with Crippen LogP contribution in [0.3, 0.4) is 0 Å². The van der Waals surface area contributed by atoms with Crippen LogP contribution in [0.5, 0.6) is 0 Å². The van der Waals surface area contributed by atoms with E-state index in [4.69, 9.17) is 4.74 Å². The fraction of sp³-hybridized carbons (Fsp3) is 0.750. The molecule has 1 saturated heterocycles. The summed E-state index contributed by atoms with van der Waals surface area (Å²) in [5.74, 6) is 2.85. The Bertz CT molecular complexity index is 731. The second-order valence-electron chi connectivity index (χ2n) is 9.06. The van der Waals surface area contributed by atoms with Crippen LogP contribution in [-0.4, -0.2) is 35.1 Å². The lowest BCUT2D eigenvalue weighted by Crippen LogP contribution is -2.50. The molecule has 6 heteroatoms. The number of aromatic amines is 1. The van der Waals surface area contributed by atoms with Gasteiger partial charge in [-0.15, -0.1) is 0 Å². The smallest absolute Gasteiger partial charge is 0.263 e. The molecule has 1 atom stereocenters. The molecule has 2 heterocycles. The third-order valence-corrected chi connectivity index (χ3v) is 7.08. The summed E-state index contributed by atoms with van der Waals surface area (Å²) in [5, 5.41) is 2.91. The van der Waals surface area contributed by atoms with E-state index < -0.39 is 0 Å². The molecule has 1 amide bonds. The Balaban J connectivity index is 1.37. The first-order chi connectivity index (χ1) is 12.6. The van der Waals surface area contributed by atoms with Gasteiger partial charge in [0.2, 0.25) is 0 Å². The molecule has 4 bridgehead atoms. The van der Waals surface area contributed by atoms with E-state index >= 15 is 0 Å². The van der Waals surface area contributed by atoms with Crippen molar-refractivity contribution in [2.75, 3.05) is 13.2 Å². The topological polar surface area (TPSA) is 84.1 Å². The van der Waals surface area contributed by atoms with Crippen LogP contribution in [0, 0.1) is 17.8 Å². The lowest BCUT2D eigenvalue weighted by molar-refractivity contribution is -0.00954. The summed E-state index contributed by atoms with van der Waals surface area (Å²) in [4.78, 5) is 32.7. The molecule has 5 fully saturated rings. The number of carbonyl (C=O) groups excluding carboxylic acids is 1. The second kappa shape index (κ2) is 6.19. The summed E-state index contributed by atoms with van der Waals surface area (Å²) in [6, 6.07) is -0.0153. The maximum atomic E-state index is 12.6. The standard InChI is InChI=1S/C20H27N3O3/c24-17(22-15-2-1-3-26-11-15)16-10-21-19(23-18(16)25)20-7-12-4-13(8-20)6-14(5-12)9-20/h10,12-15H,1-9,11H2,(H,22,24)(H,21,23,25)/t12?,13?,14?,15-,20?/m0/s1. The predicted octanol–water partition coefficient (Wildman–Crippen LogP) is 2.15. The zero-order valence-electron chi connectivity index (χ0n) is 15.1. The highest BCUT2D eigenvalue weighted by Crippen LogP contribution is 2.59. The number of H-pyrrole nitrogens is 1. The summed E-state index contributed by atoms with van der Waals surface area (Å²) in [6.07, 6.45) is 10.8. The van der Waals surface area contributed by atoms with Crippen LogP contribution in [0.15, 0.2) is 11.0 Å². The maximum Gasteiger partial charge on any atom is 0.263 e. The van der Waals surface area contributed by atoms with Gasteiger partial charge >= 0.3 is 0 Å². The lowest BCUT2D eigenvalue weighted by Gasteiger charge is -2.56. The SMILES string of the molecule is O=C(N[C@H]1CCCOC1)c1cnc(C23CC4CC(CC(C4)C2)C3)[nH]c1=O. The van der Waals surface area contributed by atoms with Crippen LogP contribution >= 0.6 is 0 Å². The Morgan fingerprint density at radius 2 is 1.88 bits per heavy atom. The van der Waals surface area contributed by atoms with Crippen molar-refractivity contribution in [3.8, 4) is 0 Å². The highest BCUT2D eigenvalue weighted by atomic mass is 16.5. The van der Waals surface area contributed by atoms with Crippen molar-refractivity contribution in [1.29, 1.82) is 0 Å². The fourth-order valence-corrected chi connectivity index (χ4v) is 6.34. The first-order valence-corrected chi connectivity index (χ1v) is 10.1. The van der Waals surface area contributed by atoms with Crippen LogP contribution in [0.25, 0.3) is 0 Å². The molecule has 4 aliphatic carbocycles. The van der Waals surface area contributed by atoms with E-state index in [1.807, 2.05) is 0 Å². The van der Waals surface area contributed by atoms with E-state index in [0.717, 1.165) is 62.3 Å². The molecule has 0 spiro atoms. The summed E-state index contributed by atoms with van der Waals surface area (Å²) in [7, 11) is 0. The number of aromatic nitrogens is 2. The number of rotatable bonds is 3. The van der Waals surface area contributed by atoms with Crippen molar-refractivity contribution in [3.05, 3.63) is 27.9 Å². The first kappa shape index (κ1) is 16.5. The van der Waals surface area contributed by atoms with Gasteiger partial charge in [-0.2, -0.15) is 0 Å². The van der Waals surface area contributed by atoms with Gasteiger partial charge in [0.05, 0.1) is 12.6 Å². The fourth-order valence-electron chi connectivity index (χ4n) is 6.34. The van der Waals surface area contributed by atoms with E-state index in [1.54, 1.807) is 0 Å². The van der Waals surface area contributed by atoms with Gasteiger partial charge in [-0.25, -0.2) is 4.98 Å². The van der Waals surface area contributed by atoms with Gasteiger partial charge in [0.15, 0.2) is 0 Å². The van der Waals surface area contributed by atoms with Crippen LogP contribution in [0.4, 0.5) is 0 Å². The Morgan fingerprint density at radius 1 is 1.19 bits per heavy atom. The van der Waals surface area contributed by atoms with Crippen molar-refractivity contribution in [2.24, 2.45) is 17.8 Å². The highest BCUT2D eigenvalue weighted by Gasteiger charge is 2.52. The molecule has 2 N–H and O–H groups in total. The molecular formula is C20H27N3O3. The van der Waals surface area contributed by atoms with Gasteiger partial charge in [-0.3, -0.25) is 9.59 Å². The zero-order valence-corrected chi connectivity index (χ0v) is 15.1. The Hall–Kier alpha value is -1.69. The van der Waals surface area contributed by atoms with Crippen molar-refractivity contribution < 1.29 is 9.53 Å². The summed E-state index contributed by atoms with van der Waals surface area (Å²) in [6.45, 7) is 1.26. The first-order valence-electron chi connectivity index (χ1n) is 10.1. The van der Waals surface area contributed by atoms with Crippen LogP contribution in [0.1, 0.15) is 67.5 Å². The number of ether oxygens (including phenoxy) is 1. The molecule has 1 aromatic heterocycles. The van der Waals surface area contributed by atoms with E-state index in [0.29, 0.717) is 6.61 Å². The minimum atomic E-state index is -0.341. The third kappa shape index (κ3) is 2.79. The number of nitrogens with one attached hydrogen (secondary N) is 2. The average Bonchev–Trinajstić information content (AvgIpc) is 2.61. The zero-order chi connectivity index (χ0) is 17.7. The van der Waals surface area contributed by atoms with Crippen molar-refractivity contribution >= 4 is 5.91 Å². The van der Waals surface area contributed by atoms with Crippen LogP contribution in [-0.2, 0) is 10.2 Å². The highest BCUT2D eigenvalue weighted by molar-refractivity contribution is 5.93. The third-order valence-electron chi connectivity index (χ3n) is 7.08. The molecule has 6 nitrogen and oxygen atoms in total. The predicted molar refractivity (Wildman–Crippen MR) is 96.0 cm³/mol. The summed E-state index contributed by atoms with van der Waals surface area (Å²) >= 11 is 0. The van der Waals surface area contributed by atoms with Gasteiger partial charge in [0.25, 0.3) is 11.5 Å². The molecule has 1 aromatic rings. The number of nitrogens with zero attached hydrogens (tertiary/aromatic N) is 1. The number of amides is 1. The van der Waals surface area contributed by atoms with E-state index in [2.05, 4.69) is 15.3 Å². The minimum absolute atomic E-state index is 0.0153. The van der Waals surface area contributed by atoms with E-state index in [1.165, 1.54) is 25.5 Å². The Morgan fingerprint density at radius 3 is 2.46 bits per heavy atom. The molecule has 26 heavy (non-hydrogen) atoms. The molecule has 0 unspecified atom stereocenters. The quantitative estimate of drug-likeness (QED) is 0.868. The van der Waals surface area contributed by atoms with E-state index in [9.17, 15) is 9.59 Å². The van der Waals surface area contributed by atoms with Gasteiger partial charge in [-0.1, -0.05) is 0 Å². The molecule has 140 valence electrons. The van der Waals surface area contributed by atoms with Gasteiger partial charge in [0, 0.05) is 18.2 Å². The minimum Gasteiger partial charge on any atom is -0.379 e. The monoisotopic (exact) mass is 357 g/mol. The molecule has 0 radical (unpaired) electrons. The molecule has 0 aromatic carbocycles. The van der Waals surface area contributed by atoms with Crippen LogP contribution in [0.2, 0.25) is 0 Å². The van der Waals surface area contributed by atoms with E-state index in [-0.39, 0.29) is 28.5 Å². The normalized spacial score (nSPS) is 38.3. The number of carbonyl (C=O) groups is 1. The van der Waals surface area contributed by atoms with Crippen molar-refractivity contribution in [1.82, 2.24) is 15.3 Å². The second-order valence-corrected chi connectivity index (χ2v) is 9.06. The van der Waals surface area contributed by atoms with Crippen molar-refractivity contribution in [3.63, 3.8) is 0 Å². The summed E-state index contributed by atoms with van der Waals surface area (Å²) in [5.41, 5.74) is -0.149. The molecule has 5 aliphatic rings. The van der Waals surface area contributed by atoms with Gasteiger partial charge < -0.3 is 15.0 Å². The summed E-state index contributed by atoms with van der Waals surface area (Å²) < 4.78 is 5.39. The largest absolute Gasteiger partial charge is 0.379 e. The molecular weight excluding hydrogens is 330 g/mol. The maximum absolute atomic E-state index is 12.6. The lowest BCUT2D eigenvalue weighted by atomic mass is 9.49. The van der Waals surface area contributed by atoms with Crippen molar-refractivity contribution in [2.45, 2.75) is 62.8 Å². The van der Waals surface area contributed by atoms with Gasteiger partial charge in [0.1, 0.15) is 11.4 Å². The molecule has 1 aliphatic heterocycles. The number of hydrogen-bond acceptors (Lipinski definition) is 4. The number of hydrogen-bond donors (Lipinski definition) is 2. The molecule has 6 rings (SSSR count).